The molecular formula is C15H22N2. The van der Waals surface area contributed by atoms with Gasteiger partial charge in [-0.15, -0.1) is 0 Å². The molecule has 1 aromatic rings. The summed E-state index contributed by atoms with van der Waals surface area (Å²) in [6, 6.07) is 8.45. The third-order valence-electron chi connectivity index (χ3n) is 2.64. The van der Waals surface area contributed by atoms with Gasteiger partial charge in [-0.2, -0.15) is 0 Å². The molecule has 0 amide bonds. The molecule has 1 aromatic carbocycles. The van der Waals surface area contributed by atoms with Gasteiger partial charge >= 0.3 is 0 Å². The molecule has 0 bridgehead atoms. The molecule has 0 heterocycles. The van der Waals surface area contributed by atoms with Crippen molar-refractivity contribution in [3.8, 4) is 0 Å². The molecule has 0 saturated carbocycles. The standard InChI is InChI=1S/C15H22N2/c1-15(2,3)14-8-6-12(7-9-14)13(10-16)11-17(4)5/h6-11,16H,1-5H3/b13-11-,16-10?. The van der Waals surface area contributed by atoms with Crippen LogP contribution in [0.4, 0.5) is 0 Å². The van der Waals surface area contributed by atoms with Crippen molar-refractivity contribution < 1.29 is 0 Å². The van der Waals surface area contributed by atoms with Crippen LogP contribution in [0.2, 0.25) is 0 Å². The van der Waals surface area contributed by atoms with Crippen molar-refractivity contribution in [1.82, 2.24) is 4.90 Å². The van der Waals surface area contributed by atoms with Crippen LogP contribution in [0.1, 0.15) is 31.9 Å². The second-order valence-corrected chi connectivity index (χ2v) is 5.52. The van der Waals surface area contributed by atoms with E-state index in [1.165, 1.54) is 11.8 Å². The quantitative estimate of drug-likeness (QED) is 0.790. The second kappa shape index (κ2) is 5.17. The number of allylic oxidation sites excluding steroid dienone is 1. The Kier molecular flexibility index (Phi) is 4.11. The molecule has 0 aliphatic carbocycles. The van der Waals surface area contributed by atoms with Gasteiger partial charge in [0.05, 0.1) is 0 Å². The molecule has 0 aliphatic rings. The molecule has 1 rings (SSSR count). The molecule has 17 heavy (non-hydrogen) atoms. The fourth-order valence-electron chi connectivity index (χ4n) is 1.64. The highest BCUT2D eigenvalue weighted by molar-refractivity contribution is 6.08. The van der Waals surface area contributed by atoms with Crippen LogP contribution in [0.15, 0.2) is 30.5 Å². The average Bonchev–Trinajstić information content (AvgIpc) is 2.24. The van der Waals surface area contributed by atoms with Crippen LogP contribution in [-0.4, -0.2) is 25.2 Å². The maximum Gasteiger partial charge on any atom is 0.0270 e. The molecule has 0 fully saturated rings. The summed E-state index contributed by atoms with van der Waals surface area (Å²) in [6.07, 6.45) is 3.35. The molecule has 0 saturated heterocycles. The minimum absolute atomic E-state index is 0.175. The van der Waals surface area contributed by atoms with Crippen LogP contribution in [0, 0.1) is 5.41 Å². The molecule has 1 N–H and O–H groups in total. The third kappa shape index (κ3) is 3.74. The van der Waals surface area contributed by atoms with Crippen LogP contribution >= 0.6 is 0 Å². The minimum atomic E-state index is 0.175. The van der Waals surface area contributed by atoms with Gasteiger partial charge in [0, 0.05) is 32.1 Å². The van der Waals surface area contributed by atoms with E-state index < -0.39 is 0 Å². The van der Waals surface area contributed by atoms with Gasteiger partial charge in [-0.05, 0) is 16.5 Å². The normalized spacial score (nSPS) is 12.4. The molecular weight excluding hydrogens is 208 g/mol. The van der Waals surface area contributed by atoms with Gasteiger partial charge in [0.15, 0.2) is 0 Å². The van der Waals surface area contributed by atoms with Crippen molar-refractivity contribution in [3.63, 3.8) is 0 Å². The molecule has 0 radical (unpaired) electrons. The molecule has 2 heteroatoms. The van der Waals surface area contributed by atoms with E-state index in [-0.39, 0.29) is 5.41 Å². The van der Waals surface area contributed by atoms with Gasteiger partial charge in [0.1, 0.15) is 0 Å². The first kappa shape index (κ1) is 13.5. The minimum Gasteiger partial charge on any atom is -0.383 e. The zero-order chi connectivity index (χ0) is 13.1. The van der Waals surface area contributed by atoms with Crippen LogP contribution in [0.3, 0.4) is 0 Å². The zero-order valence-electron chi connectivity index (χ0n) is 11.4. The summed E-state index contributed by atoms with van der Waals surface area (Å²) in [7, 11) is 3.93. The summed E-state index contributed by atoms with van der Waals surface area (Å²) < 4.78 is 0. The highest BCUT2D eigenvalue weighted by atomic mass is 15.0. The largest absolute Gasteiger partial charge is 0.383 e. The zero-order valence-corrected chi connectivity index (χ0v) is 11.4. The van der Waals surface area contributed by atoms with E-state index in [2.05, 4.69) is 45.0 Å². The Morgan fingerprint density at radius 3 is 2.00 bits per heavy atom. The molecule has 0 aromatic heterocycles. The van der Waals surface area contributed by atoms with Gasteiger partial charge < -0.3 is 10.3 Å². The fraction of sp³-hybridized carbons (Fsp3) is 0.400. The first-order valence-electron chi connectivity index (χ1n) is 5.84. The topological polar surface area (TPSA) is 27.1 Å². The first-order valence-corrected chi connectivity index (χ1v) is 5.84. The van der Waals surface area contributed by atoms with Gasteiger partial charge in [-0.25, -0.2) is 0 Å². The van der Waals surface area contributed by atoms with E-state index in [9.17, 15) is 0 Å². The Morgan fingerprint density at radius 1 is 1.12 bits per heavy atom. The predicted octanol–water partition coefficient (Wildman–Crippen LogP) is 3.54. The van der Waals surface area contributed by atoms with Gasteiger partial charge in [-0.1, -0.05) is 45.0 Å². The summed E-state index contributed by atoms with van der Waals surface area (Å²) in [5.74, 6) is 0. The predicted molar refractivity (Wildman–Crippen MR) is 75.6 cm³/mol. The maximum atomic E-state index is 7.45. The lowest BCUT2D eigenvalue weighted by atomic mass is 9.86. The van der Waals surface area contributed by atoms with Crippen molar-refractivity contribution in [1.29, 1.82) is 5.41 Å². The molecule has 0 spiro atoms. The Bertz CT molecular complexity index is 406. The Balaban J connectivity index is 3.06. The summed E-state index contributed by atoms with van der Waals surface area (Å²) in [6.45, 7) is 6.61. The van der Waals surface area contributed by atoms with Crippen LogP contribution < -0.4 is 0 Å². The van der Waals surface area contributed by atoms with E-state index >= 15 is 0 Å². The fourth-order valence-corrected chi connectivity index (χ4v) is 1.64. The molecule has 0 unspecified atom stereocenters. The second-order valence-electron chi connectivity index (χ2n) is 5.52. The summed E-state index contributed by atoms with van der Waals surface area (Å²) >= 11 is 0. The van der Waals surface area contributed by atoms with Crippen LogP contribution in [-0.2, 0) is 5.41 Å². The number of nitrogens with one attached hydrogen (secondary N) is 1. The Hall–Kier alpha value is -1.57. The average molecular weight is 230 g/mol. The number of rotatable bonds is 3. The van der Waals surface area contributed by atoms with Crippen LogP contribution in [0.5, 0.6) is 0 Å². The number of benzene rings is 1. The van der Waals surface area contributed by atoms with E-state index in [1.54, 1.807) is 0 Å². The molecule has 92 valence electrons. The van der Waals surface area contributed by atoms with E-state index in [1.807, 2.05) is 25.2 Å². The lowest BCUT2D eigenvalue weighted by molar-refractivity contribution is 0.566. The van der Waals surface area contributed by atoms with Gasteiger partial charge in [0.2, 0.25) is 0 Å². The molecule has 0 atom stereocenters. The van der Waals surface area contributed by atoms with Crippen LogP contribution in [0.25, 0.3) is 5.57 Å². The highest BCUT2D eigenvalue weighted by Gasteiger charge is 2.13. The number of nitrogens with zero attached hydrogens (tertiary/aromatic N) is 1. The smallest absolute Gasteiger partial charge is 0.0270 e. The number of hydrogen-bond donors (Lipinski definition) is 1. The third-order valence-corrected chi connectivity index (χ3v) is 2.64. The van der Waals surface area contributed by atoms with Crippen molar-refractivity contribution in [2.45, 2.75) is 26.2 Å². The van der Waals surface area contributed by atoms with Crippen molar-refractivity contribution in [3.05, 3.63) is 41.6 Å². The SMILES string of the molecule is CN(C)/C=C(/C=N)c1ccc(C(C)(C)C)cc1. The van der Waals surface area contributed by atoms with Crippen molar-refractivity contribution in [2.75, 3.05) is 14.1 Å². The summed E-state index contributed by atoms with van der Waals surface area (Å²) in [5.41, 5.74) is 3.50. The number of hydrogen-bond acceptors (Lipinski definition) is 2. The van der Waals surface area contributed by atoms with Crippen molar-refractivity contribution in [2.24, 2.45) is 0 Å². The molecule has 0 aliphatic heterocycles. The van der Waals surface area contributed by atoms with E-state index in [0.717, 1.165) is 11.1 Å². The van der Waals surface area contributed by atoms with E-state index in [0.29, 0.717) is 0 Å². The summed E-state index contributed by atoms with van der Waals surface area (Å²) in [4.78, 5) is 1.96. The molecule has 2 nitrogen and oxygen atoms in total. The monoisotopic (exact) mass is 230 g/mol. The van der Waals surface area contributed by atoms with Gasteiger partial charge in [0.25, 0.3) is 0 Å². The lowest BCUT2D eigenvalue weighted by Crippen LogP contribution is -2.10. The first-order chi connectivity index (χ1) is 7.84. The van der Waals surface area contributed by atoms with Crippen molar-refractivity contribution >= 4 is 11.8 Å². The van der Waals surface area contributed by atoms with Gasteiger partial charge in [-0.3, -0.25) is 0 Å². The van der Waals surface area contributed by atoms with E-state index in [4.69, 9.17) is 5.41 Å². The summed E-state index contributed by atoms with van der Waals surface area (Å²) in [5, 5.41) is 7.45. The maximum absolute atomic E-state index is 7.45. The Morgan fingerprint density at radius 2 is 1.65 bits per heavy atom. The lowest BCUT2D eigenvalue weighted by Gasteiger charge is -2.19. The highest BCUT2D eigenvalue weighted by Crippen LogP contribution is 2.23. The Labute approximate surface area is 104 Å².